The number of halogens is 1. The number of thioether (sulfide) groups is 1. The summed E-state index contributed by atoms with van der Waals surface area (Å²) in [6.45, 7) is 7.02. The molecule has 29 heavy (non-hydrogen) atoms. The van der Waals surface area contributed by atoms with Crippen LogP contribution in [-0.4, -0.2) is 27.7 Å². The number of hydrogen-bond acceptors (Lipinski definition) is 5. The van der Waals surface area contributed by atoms with Crippen LogP contribution in [-0.2, 0) is 5.75 Å². The fourth-order valence-electron chi connectivity index (χ4n) is 2.56. The van der Waals surface area contributed by atoms with Crippen molar-refractivity contribution in [3.05, 3.63) is 70.0 Å². The molecular weight excluding hydrogens is 448 g/mol. The van der Waals surface area contributed by atoms with E-state index in [1.54, 1.807) is 11.8 Å². The molecule has 7 heteroatoms. The predicted octanol–water partition coefficient (Wildman–Crippen LogP) is 6.13. The lowest BCUT2D eigenvalue weighted by Gasteiger charge is -2.07. The SMILES string of the molecule is CCCOc1ccc(/C=N/n2c(SCc3ccc(Br)cc3)nnc2C(C)C)cc1. The van der Waals surface area contributed by atoms with Gasteiger partial charge in [-0.15, -0.1) is 10.2 Å². The van der Waals surface area contributed by atoms with Gasteiger partial charge in [0, 0.05) is 16.1 Å². The van der Waals surface area contributed by atoms with Crippen molar-refractivity contribution in [2.75, 3.05) is 6.61 Å². The van der Waals surface area contributed by atoms with Crippen molar-refractivity contribution in [1.82, 2.24) is 14.9 Å². The molecule has 152 valence electrons. The molecule has 3 aromatic rings. The molecule has 0 N–H and O–H groups in total. The second-order valence-corrected chi connectivity index (χ2v) is 8.74. The molecule has 0 saturated carbocycles. The van der Waals surface area contributed by atoms with Crippen LogP contribution >= 0.6 is 27.7 Å². The largest absolute Gasteiger partial charge is 0.494 e. The van der Waals surface area contributed by atoms with Crippen LogP contribution in [0.1, 0.15) is 50.1 Å². The van der Waals surface area contributed by atoms with E-state index in [0.29, 0.717) is 0 Å². The number of benzene rings is 2. The fourth-order valence-corrected chi connectivity index (χ4v) is 3.67. The van der Waals surface area contributed by atoms with E-state index in [-0.39, 0.29) is 5.92 Å². The van der Waals surface area contributed by atoms with Gasteiger partial charge in [0.05, 0.1) is 12.8 Å². The molecule has 0 aliphatic heterocycles. The van der Waals surface area contributed by atoms with Gasteiger partial charge in [-0.2, -0.15) is 9.78 Å². The summed E-state index contributed by atoms with van der Waals surface area (Å²) in [7, 11) is 0. The van der Waals surface area contributed by atoms with Gasteiger partial charge in [0.2, 0.25) is 5.16 Å². The maximum atomic E-state index is 5.64. The summed E-state index contributed by atoms with van der Waals surface area (Å²) in [6, 6.07) is 16.2. The van der Waals surface area contributed by atoms with E-state index in [1.807, 2.05) is 47.3 Å². The number of rotatable bonds is 9. The average Bonchev–Trinajstić information content (AvgIpc) is 3.14. The molecule has 0 aliphatic carbocycles. The minimum atomic E-state index is 0.228. The third-order valence-electron chi connectivity index (χ3n) is 4.11. The lowest BCUT2D eigenvalue weighted by atomic mass is 10.2. The minimum Gasteiger partial charge on any atom is -0.494 e. The summed E-state index contributed by atoms with van der Waals surface area (Å²) in [6.07, 6.45) is 2.83. The minimum absolute atomic E-state index is 0.228. The Bertz CT molecular complexity index is 936. The normalized spacial score (nSPS) is 11.5. The second-order valence-electron chi connectivity index (χ2n) is 6.88. The Hall–Kier alpha value is -2.12. The van der Waals surface area contributed by atoms with E-state index >= 15 is 0 Å². The Kier molecular flexibility index (Phi) is 7.89. The Balaban J connectivity index is 1.75. The van der Waals surface area contributed by atoms with Crippen LogP contribution < -0.4 is 4.74 Å². The standard InChI is InChI=1S/C22H25BrN4OS/c1-4-13-28-20-11-7-17(8-12-20)14-24-27-21(16(2)3)25-26-22(27)29-15-18-5-9-19(23)10-6-18/h5-12,14,16H,4,13,15H2,1-3H3/b24-14+. The van der Waals surface area contributed by atoms with Crippen LogP contribution in [0.15, 0.2) is 63.3 Å². The summed E-state index contributed by atoms with van der Waals surface area (Å²) in [5, 5.41) is 14.2. The molecule has 2 aromatic carbocycles. The molecule has 0 bridgehead atoms. The molecule has 0 unspecified atom stereocenters. The van der Waals surface area contributed by atoms with Crippen molar-refractivity contribution >= 4 is 33.9 Å². The van der Waals surface area contributed by atoms with E-state index in [2.05, 4.69) is 64.1 Å². The van der Waals surface area contributed by atoms with E-state index in [4.69, 9.17) is 4.74 Å². The number of hydrogen-bond donors (Lipinski definition) is 0. The zero-order chi connectivity index (χ0) is 20.6. The molecule has 1 heterocycles. The molecular formula is C22H25BrN4OS. The maximum absolute atomic E-state index is 5.64. The summed E-state index contributed by atoms with van der Waals surface area (Å²) in [5.41, 5.74) is 2.23. The lowest BCUT2D eigenvalue weighted by Crippen LogP contribution is -2.02. The van der Waals surface area contributed by atoms with Crippen LogP contribution in [0.3, 0.4) is 0 Å². The van der Waals surface area contributed by atoms with Gasteiger partial charge in [-0.25, -0.2) is 0 Å². The highest BCUT2D eigenvalue weighted by atomic mass is 79.9. The Morgan fingerprint density at radius 2 is 1.83 bits per heavy atom. The van der Waals surface area contributed by atoms with Gasteiger partial charge < -0.3 is 4.74 Å². The van der Waals surface area contributed by atoms with Gasteiger partial charge >= 0.3 is 0 Å². The van der Waals surface area contributed by atoms with Gasteiger partial charge in [0.15, 0.2) is 5.82 Å². The maximum Gasteiger partial charge on any atom is 0.212 e. The van der Waals surface area contributed by atoms with E-state index < -0.39 is 0 Å². The zero-order valence-electron chi connectivity index (χ0n) is 16.9. The molecule has 5 nitrogen and oxygen atoms in total. The monoisotopic (exact) mass is 472 g/mol. The first-order valence-electron chi connectivity index (χ1n) is 9.66. The van der Waals surface area contributed by atoms with E-state index in [0.717, 1.165) is 45.5 Å². The van der Waals surface area contributed by atoms with Gasteiger partial charge in [-0.1, -0.05) is 60.6 Å². The van der Waals surface area contributed by atoms with Crippen molar-refractivity contribution in [2.45, 2.75) is 44.0 Å². The van der Waals surface area contributed by atoms with Crippen molar-refractivity contribution in [1.29, 1.82) is 0 Å². The highest BCUT2D eigenvalue weighted by Crippen LogP contribution is 2.25. The molecule has 0 fully saturated rings. The smallest absolute Gasteiger partial charge is 0.212 e. The molecule has 0 atom stereocenters. The molecule has 3 rings (SSSR count). The molecule has 0 radical (unpaired) electrons. The molecule has 0 amide bonds. The zero-order valence-corrected chi connectivity index (χ0v) is 19.3. The summed E-state index contributed by atoms with van der Waals surface area (Å²) in [4.78, 5) is 0. The summed E-state index contributed by atoms with van der Waals surface area (Å²) >= 11 is 5.10. The van der Waals surface area contributed by atoms with Crippen molar-refractivity contribution in [3.8, 4) is 5.75 Å². The van der Waals surface area contributed by atoms with Crippen LogP contribution in [0.4, 0.5) is 0 Å². The van der Waals surface area contributed by atoms with Crippen LogP contribution in [0, 0.1) is 0 Å². The lowest BCUT2D eigenvalue weighted by molar-refractivity contribution is 0.317. The highest BCUT2D eigenvalue weighted by Gasteiger charge is 2.15. The third kappa shape index (κ3) is 6.18. The number of ether oxygens (including phenoxy) is 1. The topological polar surface area (TPSA) is 52.3 Å². The van der Waals surface area contributed by atoms with Gasteiger partial charge in [0.25, 0.3) is 0 Å². The first-order valence-corrected chi connectivity index (χ1v) is 11.4. The Morgan fingerprint density at radius 3 is 2.48 bits per heavy atom. The summed E-state index contributed by atoms with van der Waals surface area (Å²) in [5.74, 6) is 2.76. The van der Waals surface area contributed by atoms with Gasteiger partial charge in [-0.05, 0) is 53.9 Å². The van der Waals surface area contributed by atoms with Gasteiger partial charge in [-0.3, -0.25) is 0 Å². The Labute approximate surface area is 184 Å². The molecule has 0 aliphatic rings. The third-order valence-corrected chi connectivity index (χ3v) is 5.63. The quantitative estimate of drug-likeness (QED) is 0.277. The molecule has 0 spiro atoms. The first kappa shape index (κ1) is 21.6. The highest BCUT2D eigenvalue weighted by molar-refractivity contribution is 9.10. The van der Waals surface area contributed by atoms with E-state index in [1.165, 1.54) is 5.56 Å². The average molecular weight is 473 g/mol. The van der Waals surface area contributed by atoms with Crippen molar-refractivity contribution in [3.63, 3.8) is 0 Å². The predicted molar refractivity (Wildman–Crippen MR) is 123 cm³/mol. The Morgan fingerprint density at radius 1 is 1.10 bits per heavy atom. The second kappa shape index (κ2) is 10.6. The van der Waals surface area contributed by atoms with E-state index in [9.17, 15) is 0 Å². The first-order chi connectivity index (χ1) is 14.1. The van der Waals surface area contributed by atoms with Crippen molar-refractivity contribution in [2.24, 2.45) is 5.10 Å². The number of aromatic nitrogens is 3. The molecule has 0 saturated heterocycles. The molecule has 1 aromatic heterocycles. The van der Waals surface area contributed by atoms with Crippen molar-refractivity contribution < 1.29 is 4.74 Å². The van der Waals surface area contributed by atoms with Crippen LogP contribution in [0.5, 0.6) is 5.75 Å². The van der Waals surface area contributed by atoms with Crippen LogP contribution in [0.2, 0.25) is 0 Å². The number of nitrogens with zero attached hydrogens (tertiary/aromatic N) is 4. The fraction of sp³-hybridized carbons (Fsp3) is 0.318. The van der Waals surface area contributed by atoms with Gasteiger partial charge in [0.1, 0.15) is 5.75 Å². The van der Waals surface area contributed by atoms with Crippen LogP contribution in [0.25, 0.3) is 0 Å². The summed E-state index contributed by atoms with van der Waals surface area (Å²) < 4.78 is 8.55.